The van der Waals surface area contributed by atoms with Gasteiger partial charge in [-0.1, -0.05) is 18.5 Å². The lowest BCUT2D eigenvalue weighted by Gasteiger charge is -2.16. The lowest BCUT2D eigenvalue weighted by Crippen LogP contribution is -2.36. The van der Waals surface area contributed by atoms with Crippen molar-refractivity contribution in [2.24, 2.45) is 0 Å². The second-order valence-electron chi connectivity index (χ2n) is 4.42. The molecule has 0 fully saturated rings. The van der Waals surface area contributed by atoms with Gasteiger partial charge in [0.2, 0.25) is 0 Å². The van der Waals surface area contributed by atoms with Crippen LogP contribution < -0.4 is 10.1 Å². The summed E-state index contributed by atoms with van der Waals surface area (Å²) >= 11 is 6.08. The van der Waals surface area contributed by atoms with Gasteiger partial charge in [0.25, 0.3) is 5.91 Å². The summed E-state index contributed by atoms with van der Waals surface area (Å²) in [5.74, 6) is 0.579. The molecule has 0 aliphatic carbocycles. The van der Waals surface area contributed by atoms with Gasteiger partial charge >= 0.3 is 0 Å². The van der Waals surface area contributed by atoms with Gasteiger partial charge in [0.1, 0.15) is 5.75 Å². The van der Waals surface area contributed by atoms with Gasteiger partial charge in [-0.15, -0.1) is 0 Å². The van der Waals surface area contributed by atoms with Crippen molar-refractivity contribution in [3.05, 3.63) is 28.3 Å². The zero-order valence-electron chi connectivity index (χ0n) is 11.3. The SMILES string of the molecule is CCCNC(=O)[C@@H](C)Oc1cc(C)c(Cl)c(C)c1. The van der Waals surface area contributed by atoms with E-state index in [4.69, 9.17) is 16.3 Å². The minimum atomic E-state index is -0.503. The van der Waals surface area contributed by atoms with Crippen LogP contribution in [0, 0.1) is 13.8 Å². The average molecular weight is 270 g/mol. The Morgan fingerprint density at radius 1 is 1.39 bits per heavy atom. The van der Waals surface area contributed by atoms with Gasteiger partial charge in [-0.25, -0.2) is 0 Å². The first-order valence-electron chi connectivity index (χ1n) is 6.16. The van der Waals surface area contributed by atoms with Crippen molar-refractivity contribution >= 4 is 17.5 Å². The smallest absolute Gasteiger partial charge is 0.260 e. The summed E-state index contributed by atoms with van der Waals surface area (Å²) in [6, 6.07) is 3.69. The second-order valence-corrected chi connectivity index (χ2v) is 4.80. The van der Waals surface area contributed by atoms with E-state index < -0.39 is 6.10 Å². The molecule has 1 N–H and O–H groups in total. The molecule has 1 aromatic carbocycles. The number of amides is 1. The van der Waals surface area contributed by atoms with Gasteiger partial charge in [-0.3, -0.25) is 4.79 Å². The number of benzene rings is 1. The molecule has 0 saturated heterocycles. The van der Waals surface area contributed by atoms with Crippen molar-refractivity contribution in [1.29, 1.82) is 0 Å². The molecule has 18 heavy (non-hydrogen) atoms. The van der Waals surface area contributed by atoms with Crippen LogP contribution in [0.15, 0.2) is 12.1 Å². The first kappa shape index (κ1) is 14.8. The van der Waals surface area contributed by atoms with Crippen LogP contribution in [0.2, 0.25) is 5.02 Å². The van der Waals surface area contributed by atoms with Gasteiger partial charge < -0.3 is 10.1 Å². The molecule has 0 saturated carbocycles. The third kappa shape index (κ3) is 3.91. The molecule has 0 radical (unpaired) electrons. The van der Waals surface area contributed by atoms with E-state index in [-0.39, 0.29) is 5.91 Å². The number of ether oxygens (including phenoxy) is 1. The molecule has 3 nitrogen and oxygen atoms in total. The topological polar surface area (TPSA) is 38.3 Å². The molecule has 0 unspecified atom stereocenters. The third-order valence-corrected chi connectivity index (χ3v) is 3.24. The number of hydrogen-bond donors (Lipinski definition) is 1. The van der Waals surface area contributed by atoms with Crippen molar-refractivity contribution in [3.8, 4) is 5.75 Å². The van der Waals surface area contributed by atoms with E-state index in [0.717, 1.165) is 22.6 Å². The Labute approximate surface area is 113 Å². The second kappa shape index (κ2) is 6.64. The zero-order valence-corrected chi connectivity index (χ0v) is 12.1. The van der Waals surface area contributed by atoms with E-state index in [1.165, 1.54) is 0 Å². The number of nitrogens with one attached hydrogen (secondary N) is 1. The van der Waals surface area contributed by atoms with Gasteiger partial charge in [-0.2, -0.15) is 0 Å². The van der Waals surface area contributed by atoms with E-state index in [1.807, 2.05) is 32.9 Å². The minimum Gasteiger partial charge on any atom is -0.481 e. The highest BCUT2D eigenvalue weighted by molar-refractivity contribution is 6.32. The summed E-state index contributed by atoms with van der Waals surface area (Å²) in [5, 5.41) is 3.54. The number of hydrogen-bond acceptors (Lipinski definition) is 2. The molecule has 0 spiro atoms. The molecule has 1 rings (SSSR count). The number of carbonyl (C=O) groups excluding carboxylic acids is 1. The van der Waals surface area contributed by atoms with Crippen LogP contribution in [0.3, 0.4) is 0 Å². The monoisotopic (exact) mass is 269 g/mol. The molecule has 100 valence electrons. The Bertz CT molecular complexity index is 409. The van der Waals surface area contributed by atoms with Crippen LogP contribution in [0.4, 0.5) is 0 Å². The zero-order chi connectivity index (χ0) is 13.7. The maximum absolute atomic E-state index is 11.7. The number of carbonyl (C=O) groups is 1. The van der Waals surface area contributed by atoms with Gasteiger partial charge in [-0.05, 0) is 50.5 Å². The summed E-state index contributed by atoms with van der Waals surface area (Å²) in [5.41, 5.74) is 1.90. The highest BCUT2D eigenvalue weighted by atomic mass is 35.5. The fourth-order valence-electron chi connectivity index (χ4n) is 1.62. The maximum Gasteiger partial charge on any atom is 0.260 e. The Morgan fingerprint density at radius 3 is 2.44 bits per heavy atom. The van der Waals surface area contributed by atoms with Gasteiger partial charge in [0.05, 0.1) is 0 Å². The summed E-state index contributed by atoms with van der Waals surface area (Å²) in [4.78, 5) is 11.7. The third-order valence-electron chi connectivity index (χ3n) is 2.64. The molecule has 4 heteroatoms. The fraction of sp³-hybridized carbons (Fsp3) is 0.500. The first-order valence-corrected chi connectivity index (χ1v) is 6.54. The molecule has 0 aromatic heterocycles. The predicted molar refractivity (Wildman–Crippen MR) is 74.3 cm³/mol. The Kier molecular flexibility index (Phi) is 5.48. The molecular weight excluding hydrogens is 250 g/mol. The summed E-state index contributed by atoms with van der Waals surface area (Å²) in [6.45, 7) is 8.27. The summed E-state index contributed by atoms with van der Waals surface area (Å²) in [7, 11) is 0. The van der Waals surface area contributed by atoms with E-state index in [0.29, 0.717) is 12.3 Å². The molecule has 1 amide bonds. The van der Waals surface area contributed by atoms with E-state index >= 15 is 0 Å². The van der Waals surface area contributed by atoms with E-state index in [9.17, 15) is 4.79 Å². The number of halogens is 1. The fourth-order valence-corrected chi connectivity index (χ4v) is 1.73. The van der Waals surface area contributed by atoms with Gasteiger partial charge in [0.15, 0.2) is 6.10 Å². The van der Waals surface area contributed by atoms with E-state index in [1.54, 1.807) is 6.92 Å². The van der Waals surface area contributed by atoms with Crippen LogP contribution in [0.1, 0.15) is 31.4 Å². The standard InChI is InChI=1S/C14H20ClNO2/c1-5-6-16-14(17)11(4)18-12-7-9(2)13(15)10(3)8-12/h7-8,11H,5-6H2,1-4H3,(H,16,17)/t11-/m1/s1. The van der Waals surface area contributed by atoms with Crippen LogP contribution in [-0.4, -0.2) is 18.6 Å². The van der Waals surface area contributed by atoms with Crippen molar-refractivity contribution in [2.45, 2.75) is 40.2 Å². The normalized spacial score (nSPS) is 12.1. The lowest BCUT2D eigenvalue weighted by atomic mass is 10.1. The molecule has 1 atom stereocenters. The summed E-state index contributed by atoms with van der Waals surface area (Å²) < 4.78 is 5.62. The highest BCUT2D eigenvalue weighted by Crippen LogP contribution is 2.26. The van der Waals surface area contributed by atoms with E-state index in [2.05, 4.69) is 5.32 Å². The lowest BCUT2D eigenvalue weighted by molar-refractivity contribution is -0.127. The average Bonchev–Trinajstić information content (AvgIpc) is 2.32. The predicted octanol–water partition coefficient (Wildman–Crippen LogP) is 3.25. The van der Waals surface area contributed by atoms with Crippen molar-refractivity contribution < 1.29 is 9.53 Å². The quantitative estimate of drug-likeness (QED) is 0.891. The molecule has 1 aromatic rings. The van der Waals surface area contributed by atoms with Crippen molar-refractivity contribution in [2.75, 3.05) is 6.54 Å². The Hall–Kier alpha value is -1.22. The molecular formula is C14H20ClNO2. The molecule has 0 aliphatic heterocycles. The van der Waals surface area contributed by atoms with Crippen LogP contribution in [-0.2, 0) is 4.79 Å². The molecule has 0 bridgehead atoms. The van der Waals surface area contributed by atoms with Crippen LogP contribution >= 0.6 is 11.6 Å². The van der Waals surface area contributed by atoms with Crippen LogP contribution in [0.25, 0.3) is 0 Å². The van der Waals surface area contributed by atoms with Gasteiger partial charge in [0, 0.05) is 11.6 Å². The Morgan fingerprint density at radius 2 is 1.94 bits per heavy atom. The largest absolute Gasteiger partial charge is 0.481 e. The highest BCUT2D eigenvalue weighted by Gasteiger charge is 2.14. The van der Waals surface area contributed by atoms with Crippen molar-refractivity contribution in [3.63, 3.8) is 0 Å². The Balaban J connectivity index is 2.70. The molecule has 0 aliphatic rings. The summed E-state index contributed by atoms with van der Waals surface area (Å²) in [6.07, 6.45) is 0.411. The van der Waals surface area contributed by atoms with Crippen molar-refractivity contribution in [1.82, 2.24) is 5.32 Å². The maximum atomic E-state index is 11.7. The minimum absolute atomic E-state index is 0.0953. The first-order chi connectivity index (χ1) is 8.45. The number of aryl methyl sites for hydroxylation is 2. The number of rotatable bonds is 5. The molecule has 0 heterocycles. The van der Waals surface area contributed by atoms with Crippen LogP contribution in [0.5, 0.6) is 5.75 Å².